The molecule has 6 atom stereocenters. The number of phosphoric acid groups is 2. The van der Waals surface area contributed by atoms with Gasteiger partial charge < -0.3 is 33.8 Å². The summed E-state index contributed by atoms with van der Waals surface area (Å²) in [6, 6.07) is 0. The van der Waals surface area contributed by atoms with Gasteiger partial charge in [0.2, 0.25) is 0 Å². The van der Waals surface area contributed by atoms with Gasteiger partial charge in [0, 0.05) is 25.7 Å². The van der Waals surface area contributed by atoms with Crippen LogP contribution in [0.15, 0.2) is 0 Å². The smallest absolute Gasteiger partial charge is 0.462 e. The van der Waals surface area contributed by atoms with E-state index in [1.807, 2.05) is 0 Å². The second-order valence-corrected chi connectivity index (χ2v) is 31.1. The van der Waals surface area contributed by atoms with E-state index in [0.29, 0.717) is 25.7 Å². The van der Waals surface area contributed by atoms with Crippen molar-refractivity contribution in [3.8, 4) is 0 Å². The molecule has 17 nitrogen and oxygen atoms in total. The van der Waals surface area contributed by atoms with Crippen LogP contribution in [0.5, 0.6) is 0 Å². The molecule has 94 heavy (non-hydrogen) atoms. The Morgan fingerprint density at radius 1 is 0.309 bits per heavy atom. The average Bonchev–Trinajstić information content (AvgIpc) is 1.74. The van der Waals surface area contributed by atoms with Crippen molar-refractivity contribution in [2.24, 2.45) is 17.8 Å². The van der Waals surface area contributed by atoms with Gasteiger partial charge in [0.25, 0.3) is 0 Å². The summed E-state index contributed by atoms with van der Waals surface area (Å²) in [6.45, 7) is 11.9. The Morgan fingerprint density at radius 3 is 0.809 bits per heavy atom. The number of esters is 4. The number of hydrogen-bond acceptors (Lipinski definition) is 15. The largest absolute Gasteiger partial charge is 0.472 e. The predicted molar refractivity (Wildman–Crippen MR) is 381 cm³/mol. The quantitative estimate of drug-likeness (QED) is 0.0222. The second-order valence-electron chi connectivity index (χ2n) is 28.2. The summed E-state index contributed by atoms with van der Waals surface area (Å²) < 4.78 is 68.5. The zero-order chi connectivity index (χ0) is 69.4. The number of aliphatic hydroxyl groups excluding tert-OH is 1. The summed E-state index contributed by atoms with van der Waals surface area (Å²) in [5, 5.41) is 10.6. The fourth-order valence-corrected chi connectivity index (χ4v) is 13.0. The molecule has 0 aromatic carbocycles. The van der Waals surface area contributed by atoms with Gasteiger partial charge in [-0.3, -0.25) is 37.3 Å². The Kier molecular flexibility index (Phi) is 64.3. The monoisotopic (exact) mass is 1380 g/mol. The van der Waals surface area contributed by atoms with Crippen LogP contribution in [0.3, 0.4) is 0 Å². The standard InChI is InChI=1S/C75H146O17P2/c1-8-10-11-12-13-14-15-16-17-18-19-20-21-28-37-44-51-58-74(79)91-70(62-85-72(77)56-49-42-35-27-23-22-25-32-39-46-53-66(3)4)64-89-93(81,82)87-60-69(76)61-88-94(83,84)90-65-71(92-75(80)59-52-45-38-29-24-26-33-40-47-54-67(5)6)63-86-73(78)57-50-43-36-31-30-34-41-48-55-68(7)9-2/h66-71,76H,8-65H2,1-7H3,(H,81,82)(H,83,84)/t68?,69-,70-,71-/m1/s1. The van der Waals surface area contributed by atoms with Crippen molar-refractivity contribution in [2.45, 2.75) is 401 Å². The molecule has 0 saturated carbocycles. The normalized spacial score (nSPS) is 14.4. The maximum atomic E-state index is 13.1. The molecule has 19 heteroatoms. The molecule has 0 aliphatic heterocycles. The highest BCUT2D eigenvalue weighted by Gasteiger charge is 2.30. The number of ether oxygens (including phenoxy) is 4. The van der Waals surface area contributed by atoms with Crippen LogP contribution in [-0.4, -0.2) is 96.7 Å². The number of carbonyl (C=O) groups excluding carboxylic acids is 4. The molecule has 0 aliphatic carbocycles. The van der Waals surface area contributed by atoms with Crippen molar-refractivity contribution in [3.05, 3.63) is 0 Å². The van der Waals surface area contributed by atoms with Crippen LogP contribution in [0.25, 0.3) is 0 Å². The average molecular weight is 1380 g/mol. The summed E-state index contributed by atoms with van der Waals surface area (Å²) in [7, 11) is -9.91. The lowest BCUT2D eigenvalue weighted by atomic mass is 9.99. The Hall–Kier alpha value is -1.94. The molecule has 0 aromatic heterocycles. The summed E-state index contributed by atoms with van der Waals surface area (Å²) >= 11 is 0. The Balaban J connectivity index is 5.26. The summed E-state index contributed by atoms with van der Waals surface area (Å²) in [5.74, 6) is 0.153. The molecule has 3 N–H and O–H groups in total. The minimum absolute atomic E-state index is 0.105. The Bertz CT molecular complexity index is 1840. The topological polar surface area (TPSA) is 237 Å². The van der Waals surface area contributed by atoms with Gasteiger partial charge in [0.1, 0.15) is 19.3 Å². The van der Waals surface area contributed by atoms with Gasteiger partial charge in [-0.1, -0.05) is 331 Å². The van der Waals surface area contributed by atoms with Crippen LogP contribution in [0.1, 0.15) is 382 Å². The Morgan fingerprint density at radius 2 is 0.543 bits per heavy atom. The first-order chi connectivity index (χ1) is 45.3. The molecule has 0 bridgehead atoms. The number of unbranched alkanes of at least 4 members (excludes halogenated alkanes) is 40. The van der Waals surface area contributed by atoms with Gasteiger partial charge in [0.15, 0.2) is 12.2 Å². The third-order valence-electron chi connectivity index (χ3n) is 17.7. The fraction of sp³-hybridized carbons (Fsp3) is 0.947. The van der Waals surface area contributed by atoms with E-state index in [-0.39, 0.29) is 25.7 Å². The molecule has 0 saturated heterocycles. The molecule has 0 aliphatic rings. The van der Waals surface area contributed by atoms with Crippen molar-refractivity contribution in [2.75, 3.05) is 39.6 Å². The predicted octanol–water partition coefficient (Wildman–Crippen LogP) is 21.8. The van der Waals surface area contributed by atoms with E-state index in [2.05, 4.69) is 48.5 Å². The van der Waals surface area contributed by atoms with Crippen LogP contribution >= 0.6 is 15.6 Å². The van der Waals surface area contributed by atoms with Crippen LogP contribution in [-0.2, 0) is 65.4 Å². The Labute approximate surface area is 575 Å². The van der Waals surface area contributed by atoms with Crippen molar-refractivity contribution in [1.29, 1.82) is 0 Å². The van der Waals surface area contributed by atoms with Crippen molar-refractivity contribution < 1.29 is 80.2 Å². The van der Waals surface area contributed by atoms with Gasteiger partial charge in [-0.05, 0) is 43.4 Å². The first-order valence-electron chi connectivity index (χ1n) is 38.9. The lowest BCUT2D eigenvalue weighted by Gasteiger charge is -2.21. The minimum atomic E-state index is -4.96. The van der Waals surface area contributed by atoms with Gasteiger partial charge in [-0.15, -0.1) is 0 Å². The summed E-state index contributed by atoms with van der Waals surface area (Å²) in [4.78, 5) is 72.8. The number of aliphatic hydroxyl groups is 1. The lowest BCUT2D eigenvalue weighted by Crippen LogP contribution is -2.30. The maximum Gasteiger partial charge on any atom is 0.472 e. The highest BCUT2D eigenvalue weighted by Crippen LogP contribution is 2.45. The highest BCUT2D eigenvalue weighted by molar-refractivity contribution is 7.47. The maximum absolute atomic E-state index is 13.1. The van der Waals surface area contributed by atoms with E-state index in [4.69, 9.17) is 37.0 Å². The van der Waals surface area contributed by atoms with Crippen molar-refractivity contribution in [3.63, 3.8) is 0 Å². The molecule has 0 fully saturated rings. The van der Waals surface area contributed by atoms with E-state index in [0.717, 1.165) is 108 Å². The molecular formula is C75H146O17P2. The van der Waals surface area contributed by atoms with E-state index >= 15 is 0 Å². The fourth-order valence-electron chi connectivity index (χ4n) is 11.4. The summed E-state index contributed by atoms with van der Waals surface area (Å²) in [6.07, 6.45) is 51.3. The molecule has 0 amide bonds. The number of rotatable bonds is 73. The van der Waals surface area contributed by atoms with E-state index in [9.17, 15) is 43.2 Å². The van der Waals surface area contributed by atoms with Gasteiger partial charge in [-0.2, -0.15) is 0 Å². The van der Waals surface area contributed by atoms with Crippen molar-refractivity contribution >= 4 is 39.5 Å². The molecule has 558 valence electrons. The second kappa shape index (κ2) is 65.7. The van der Waals surface area contributed by atoms with E-state index in [1.165, 1.54) is 193 Å². The zero-order valence-electron chi connectivity index (χ0n) is 61.4. The first kappa shape index (κ1) is 92.1. The molecule has 0 aromatic rings. The van der Waals surface area contributed by atoms with Gasteiger partial charge in [0.05, 0.1) is 26.4 Å². The van der Waals surface area contributed by atoms with Crippen LogP contribution < -0.4 is 0 Å². The molecule has 3 unspecified atom stereocenters. The van der Waals surface area contributed by atoms with E-state index < -0.39 is 97.5 Å². The van der Waals surface area contributed by atoms with E-state index in [1.54, 1.807) is 0 Å². The van der Waals surface area contributed by atoms with Gasteiger partial charge in [-0.25, -0.2) is 9.13 Å². The van der Waals surface area contributed by atoms with Crippen LogP contribution in [0.4, 0.5) is 0 Å². The third-order valence-corrected chi connectivity index (χ3v) is 19.6. The lowest BCUT2D eigenvalue weighted by molar-refractivity contribution is -0.161. The minimum Gasteiger partial charge on any atom is -0.462 e. The van der Waals surface area contributed by atoms with Crippen molar-refractivity contribution in [1.82, 2.24) is 0 Å². The summed E-state index contributed by atoms with van der Waals surface area (Å²) in [5.41, 5.74) is 0. The molecular weight excluding hydrogens is 1230 g/mol. The number of carbonyl (C=O) groups is 4. The number of phosphoric ester groups is 2. The molecule has 0 heterocycles. The van der Waals surface area contributed by atoms with Crippen LogP contribution in [0, 0.1) is 17.8 Å². The van der Waals surface area contributed by atoms with Crippen LogP contribution in [0.2, 0.25) is 0 Å². The highest BCUT2D eigenvalue weighted by atomic mass is 31.2. The SMILES string of the molecule is CCCCCCCCCCCCCCCCCCCC(=O)O[C@H](COC(=O)CCCCCCCCCCCCC(C)C)COP(=O)(O)OC[C@@H](O)COP(=O)(O)OC[C@@H](COC(=O)CCCCCCCCCCC(C)CC)OC(=O)CCCCCCCCCCCC(C)C. The molecule has 0 spiro atoms. The number of hydrogen-bond donors (Lipinski definition) is 3. The van der Waals surface area contributed by atoms with Gasteiger partial charge >= 0.3 is 39.5 Å². The molecule has 0 radical (unpaired) electrons. The zero-order valence-corrected chi connectivity index (χ0v) is 63.2. The molecule has 0 rings (SSSR count). The third kappa shape index (κ3) is 67.3. The first-order valence-corrected chi connectivity index (χ1v) is 41.9.